The van der Waals surface area contributed by atoms with Crippen molar-refractivity contribution in [3.8, 4) is 0 Å². The van der Waals surface area contributed by atoms with Crippen molar-refractivity contribution >= 4 is 34.5 Å². The van der Waals surface area contributed by atoms with Crippen LogP contribution in [0.15, 0.2) is 40.0 Å². The first-order valence-electron chi connectivity index (χ1n) is 7.01. The van der Waals surface area contributed by atoms with Crippen LogP contribution >= 0.6 is 11.8 Å². The van der Waals surface area contributed by atoms with Gasteiger partial charge in [-0.15, -0.1) is 0 Å². The number of carbonyl (C=O) groups excluding carboxylic acids is 1. The van der Waals surface area contributed by atoms with Gasteiger partial charge >= 0.3 is 0 Å². The van der Waals surface area contributed by atoms with Gasteiger partial charge in [0.25, 0.3) is 0 Å². The summed E-state index contributed by atoms with van der Waals surface area (Å²) in [7, 11) is 0. The van der Waals surface area contributed by atoms with E-state index in [1.807, 2.05) is 31.2 Å². The Morgan fingerprint density at radius 1 is 1.45 bits per heavy atom. The molecule has 2 aromatic heterocycles. The third kappa shape index (κ3) is 3.14. The van der Waals surface area contributed by atoms with Crippen LogP contribution in [0.3, 0.4) is 0 Å². The molecule has 1 atom stereocenters. The summed E-state index contributed by atoms with van der Waals surface area (Å²) < 4.78 is 4.95. The summed E-state index contributed by atoms with van der Waals surface area (Å²) in [5.74, 6) is 0.987. The Bertz CT molecular complexity index is 763. The lowest BCUT2D eigenvalue weighted by molar-refractivity contribution is -0.115. The Morgan fingerprint density at radius 2 is 2.27 bits per heavy atom. The minimum Gasteiger partial charge on any atom is -0.360 e. The van der Waals surface area contributed by atoms with Crippen LogP contribution < -0.4 is 5.32 Å². The summed E-state index contributed by atoms with van der Waals surface area (Å²) in [6, 6.07) is 9.48. The molecule has 7 heteroatoms. The van der Waals surface area contributed by atoms with Gasteiger partial charge < -0.3 is 14.8 Å². The van der Waals surface area contributed by atoms with E-state index in [0.717, 1.165) is 16.2 Å². The van der Waals surface area contributed by atoms with E-state index in [9.17, 15) is 4.79 Å². The van der Waals surface area contributed by atoms with E-state index >= 15 is 0 Å². The van der Waals surface area contributed by atoms with Crippen molar-refractivity contribution in [2.45, 2.75) is 30.7 Å². The normalized spacial score (nSPS) is 12.5. The van der Waals surface area contributed by atoms with Crippen LogP contribution in [0, 0.1) is 6.92 Å². The number of hydrogen-bond donors (Lipinski definition) is 2. The molecule has 3 aromatic rings. The number of H-pyrrole nitrogens is 1. The Hall–Kier alpha value is -2.28. The lowest BCUT2D eigenvalue weighted by atomic mass is 10.3. The van der Waals surface area contributed by atoms with Crippen LogP contribution in [0.2, 0.25) is 0 Å². The number of anilines is 1. The molecule has 114 valence electrons. The number of hydrogen-bond acceptors (Lipinski definition) is 5. The molecular formula is C15H16N4O2S. The van der Waals surface area contributed by atoms with Crippen molar-refractivity contribution in [3.63, 3.8) is 0 Å². The SMILES string of the molecule is CC[C@@H](Sc1nc2ccccc2[nH]1)C(=O)Nc1cc(C)on1. The lowest BCUT2D eigenvalue weighted by Crippen LogP contribution is -2.24. The Balaban J connectivity index is 1.71. The lowest BCUT2D eigenvalue weighted by Gasteiger charge is -2.11. The summed E-state index contributed by atoms with van der Waals surface area (Å²) in [6.07, 6.45) is 0.685. The number of para-hydroxylation sites is 2. The number of amides is 1. The molecule has 6 nitrogen and oxygen atoms in total. The maximum absolute atomic E-state index is 12.3. The van der Waals surface area contributed by atoms with Crippen molar-refractivity contribution in [1.82, 2.24) is 15.1 Å². The number of benzene rings is 1. The van der Waals surface area contributed by atoms with E-state index < -0.39 is 0 Å². The molecule has 22 heavy (non-hydrogen) atoms. The van der Waals surface area contributed by atoms with E-state index in [-0.39, 0.29) is 11.2 Å². The molecule has 0 fully saturated rings. The molecule has 0 aliphatic heterocycles. The maximum Gasteiger partial charge on any atom is 0.239 e. The van der Waals surface area contributed by atoms with Gasteiger partial charge in [-0.25, -0.2) is 4.98 Å². The van der Waals surface area contributed by atoms with Gasteiger partial charge in [-0.05, 0) is 25.5 Å². The smallest absolute Gasteiger partial charge is 0.239 e. The standard InChI is InChI=1S/C15H16N4O2S/c1-3-12(14(20)18-13-8-9(2)21-19-13)22-15-16-10-6-4-5-7-11(10)17-15/h4-8,12H,3H2,1-2H3,(H,16,17)(H,18,19,20)/t12-/m1/s1. The highest BCUT2D eigenvalue weighted by Gasteiger charge is 2.20. The summed E-state index contributed by atoms with van der Waals surface area (Å²) in [5, 5.41) is 7.02. The maximum atomic E-state index is 12.3. The molecule has 0 saturated carbocycles. The molecule has 1 aromatic carbocycles. The number of aromatic amines is 1. The van der Waals surface area contributed by atoms with Crippen LogP contribution in [0.5, 0.6) is 0 Å². The molecule has 2 N–H and O–H groups in total. The van der Waals surface area contributed by atoms with E-state index in [2.05, 4.69) is 20.4 Å². The molecule has 0 radical (unpaired) electrons. The van der Waals surface area contributed by atoms with Gasteiger partial charge in [0.05, 0.1) is 16.3 Å². The Kier molecular flexibility index (Phi) is 4.15. The molecule has 0 aliphatic rings. The second-order valence-corrected chi connectivity index (χ2v) is 6.08. The molecule has 3 rings (SSSR count). The summed E-state index contributed by atoms with van der Waals surface area (Å²) >= 11 is 1.41. The minimum atomic E-state index is -0.252. The van der Waals surface area contributed by atoms with Crippen molar-refractivity contribution in [2.75, 3.05) is 5.32 Å². The van der Waals surface area contributed by atoms with E-state index in [1.165, 1.54) is 11.8 Å². The van der Waals surface area contributed by atoms with Gasteiger partial charge in [0, 0.05) is 6.07 Å². The number of aryl methyl sites for hydroxylation is 1. The Morgan fingerprint density at radius 3 is 2.95 bits per heavy atom. The largest absolute Gasteiger partial charge is 0.360 e. The number of carbonyl (C=O) groups is 1. The first kappa shape index (κ1) is 14.6. The molecule has 0 unspecified atom stereocenters. The second kappa shape index (κ2) is 6.23. The highest BCUT2D eigenvalue weighted by Crippen LogP contribution is 2.26. The first-order valence-corrected chi connectivity index (χ1v) is 7.89. The summed E-state index contributed by atoms with van der Waals surface area (Å²) in [4.78, 5) is 20.0. The first-order chi connectivity index (χ1) is 10.7. The zero-order valence-corrected chi connectivity index (χ0v) is 13.1. The molecule has 2 heterocycles. The predicted molar refractivity (Wildman–Crippen MR) is 85.9 cm³/mol. The molecular weight excluding hydrogens is 300 g/mol. The van der Waals surface area contributed by atoms with E-state index in [0.29, 0.717) is 18.0 Å². The zero-order valence-electron chi connectivity index (χ0n) is 12.3. The molecule has 0 spiro atoms. The predicted octanol–water partition coefficient (Wildman–Crippen LogP) is 3.37. The van der Waals surface area contributed by atoms with Gasteiger partial charge in [0.2, 0.25) is 5.91 Å². The van der Waals surface area contributed by atoms with Crippen molar-refractivity contribution in [2.24, 2.45) is 0 Å². The zero-order chi connectivity index (χ0) is 15.5. The highest BCUT2D eigenvalue weighted by atomic mass is 32.2. The second-order valence-electron chi connectivity index (χ2n) is 4.89. The van der Waals surface area contributed by atoms with Gasteiger partial charge in [-0.1, -0.05) is 36.0 Å². The number of nitrogens with zero attached hydrogens (tertiary/aromatic N) is 2. The fraction of sp³-hybridized carbons (Fsp3) is 0.267. The van der Waals surface area contributed by atoms with E-state index in [1.54, 1.807) is 13.0 Å². The van der Waals surface area contributed by atoms with Crippen LogP contribution in [-0.2, 0) is 4.79 Å². The monoisotopic (exact) mass is 316 g/mol. The topological polar surface area (TPSA) is 83.8 Å². The van der Waals surface area contributed by atoms with E-state index in [4.69, 9.17) is 4.52 Å². The molecule has 0 saturated heterocycles. The van der Waals surface area contributed by atoms with Gasteiger partial charge in [-0.3, -0.25) is 4.79 Å². The van der Waals surface area contributed by atoms with Crippen LogP contribution in [0.1, 0.15) is 19.1 Å². The number of nitrogens with one attached hydrogen (secondary N) is 2. The number of imidazole rings is 1. The van der Waals surface area contributed by atoms with Gasteiger partial charge in [-0.2, -0.15) is 0 Å². The third-order valence-corrected chi connectivity index (χ3v) is 4.41. The third-order valence-electron chi connectivity index (χ3n) is 3.16. The van der Waals surface area contributed by atoms with Gasteiger partial charge in [0.15, 0.2) is 11.0 Å². The van der Waals surface area contributed by atoms with Crippen LogP contribution in [0.4, 0.5) is 5.82 Å². The molecule has 1 amide bonds. The number of aromatic nitrogens is 3. The fourth-order valence-corrected chi connectivity index (χ4v) is 3.00. The quantitative estimate of drug-likeness (QED) is 0.705. The molecule has 0 aliphatic carbocycles. The van der Waals surface area contributed by atoms with Gasteiger partial charge in [0.1, 0.15) is 5.76 Å². The summed E-state index contributed by atoms with van der Waals surface area (Å²) in [6.45, 7) is 3.75. The molecule has 0 bridgehead atoms. The minimum absolute atomic E-state index is 0.110. The van der Waals surface area contributed by atoms with Crippen LogP contribution in [-0.4, -0.2) is 26.3 Å². The average Bonchev–Trinajstić information content (AvgIpc) is 3.10. The highest BCUT2D eigenvalue weighted by molar-refractivity contribution is 8.00. The summed E-state index contributed by atoms with van der Waals surface area (Å²) in [5.41, 5.74) is 1.86. The fourth-order valence-electron chi connectivity index (χ4n) is 2.07. The number of thioether (sulfide) groups is 1. The van der Waals surface area contributed by atoms with Crippen molar-refractivity contribution in [1.29, 1.82) is 0 Å². The van der Waals surface area contributed by atoms with Crippen molar-refractivity contribution < 1.29 is 9.32 Å². The number of fused-ring (bicyclic) bond motifs is 1. The number of rotatable bonds is 5. The Labute approximate surface area is 131 Å². The van der Waals surface area contributed by atoms with Crippen molar-refractivity contribution in [3.05, 3.63) is 36.1 Å². The van der Waals surface area contributed by atoms with Crippen LogP contribution in [0.25, 0.3) is 11.0 Å². The average molecular weight is 316 g/mol.